The van der Waals surface area contributed by atoms with Crippen LogP contribution in [-0.2, 0) is 17.9 Å². The lowest BCUT2D eigenvalue weighted by Crippen LogP contribution is -2.40. The van der Waals surface area contributed by atoms with E-state index in [2.05, 4.69) is 45.1 Å². The van der Waals surface area contributed by atoms with Gasteiger partial charge in [0.1, 0.15) is 11.6 Å². The molecule has 1 N–H and O–H groups in total. The van der Waals surface area contributed by atoms with Gasteiger partial charge in [0.25, 0.3) is 0 Å². The number of hydrogen-bond donors (Lipinski definition) is 1. The molecule has 0 radical (unpaired) electrons. The van der Waals surface area contributed by atoms with Crippen molar-refractivity contribution in [2.45, 2.75) is 32.9 Å². The molecule has 1 atom stereocenters. The predicted octanol–water partition coefficient (Wildman–Crippen LogP) is 5.25. The minimum Gasteiger partial charge on any atom is -0.497 e. The second-order valence-electron chi connectivity index (χ2n) is 9.38. The Kier molecular flexibility index (Phi) is 6.82. The zero-order valence-corrected chi connectivity index (χ0v) is 20.4. The molecule has 180 valence electrons. The Morgan fingerprint density at radius 3 is 2.57 bits per heavy atom. The van der Waals surface area contributed by atoms with E-state index in [1.165, 1.54) is 11.1 Å². The second-order valence-corrected chi connectivity index (χ2v) is 9.38. The summed E-state index contributed by atoms with van der Waals surface area (Å²) in [6.07, 6.45) is 1.92. The zero-order chi connectivity index (χ0) is 24.2. The molecule has 1 fully saturated rings. The normalized spacial score (nSPS) is 16.3. The molecule has 5 rings (SSSR count). The maximum atomic E-state index is 13.0. The molecular formula is C29H32N4O2. The van der Waals surface area contributed by atoms with Gasteiger partial charge in [0.15, 0.2) is 0 Å². The number of ether oxygens (including phenoxy) is 1. The number of aromatic nitrogens is 2. The van der Waals surface area contributed by atoms with Crippen molar-refractivity contribution in [1.82, 2.24) is 14.5 Å². The SMILES string of the molecule is COc1ccc(Cn2c(CN3CCC[C@@H](C(=O)Nc4ccc(C)cc4)C3)nc3ccccc32)cc1. The summed E-state index contributed by atoms with van der Waals surface area (Å²) in [6.45, 7) is 5.22. The highest BCUT2D eigenvalue weighted by Crippen LogP contribution is 2.24. The molecule has 1 aromatic heterocycles. The van der Waals surface area contributed by atoms with Gasteiger partial charge in [-0.05, 0) is 68.3 Å². The van der Waals surface area contributed by atoms with Crippen molar-refractivity contribution in [3.63, 3.8) is 0 Å². The number of aryl methyl sites for hydroxylation is 1. The minimum absolute atomic E-state index is 0.0236. The summed E-state index contributed by atoms with van der Waals surface area (Å²) in [4.78, 5) is 20.3. The van der Waals surface area contributed by atoms with E-state index in [1.54, 1.807) is 7.11 Å². The highest BCUT2D eigenvalue weighted by atomic mass is 16.5. The van der Waals surface area contributed by atoms with Gasteiger partial charge in [-0.15, -0.1) is 0 Å². The van der Waals surface area contributed by atoms with E-state index in [0.717, 1.165) is 67.3 Å². The molecule has 2 heterocycles. The van der Waals surface area contributed by atoms with Crippen LogP contribution in [0.15, 0.2) is 72.8 Å². The molecule has 6 heteroatoms. The molecule has 6 nitrogen and oxygen atoms in total. The quantitative estimate of drug-likeness (QED) is 0.402. The van der Waals surface area contributed by atoms with Gasteiger partial charge in [0, 0.05) is 18.8 Å². The van der Waals surface area contributed by atoms with Crippen LogP contribution >= 0.6 is 0 Å². The van der Waals surface area contributed by atoms with Gasteiger partial charge in [0.05, 0.1) is 30.6 Å². The third kappa shape index (κ3) is 5.38. The Hall–Kier alpha value is -3.64. The highest BCUT2D eigenvalue weighted by molar-refractivity contribution is 5.92. The molecule has 0 spiro atoms. The summed E-state index contributed by atoms with van der Waals surface area (Å²) in [6, 6.07) is 24.5. The summed E-state index contributed by atoms with van der Waals surface area (Å²) < 4.78 is 7.61. The Bertz CT molecular complexity index is 1290. The first kappa shape index (κ1) is 23.1. The molecule has 0 aliphatic carbocycles. The zero-order valence-electron chi connectivity index (χ0n) is 20.4. The van der Waals surface area contributed by atoms with Gasteiger partial charge in [0.2, 0.25) is 5.91 Å². The molecule has 0 bridgehead atoms. The number of para-hydroxylation sites is 2. The monoisotopic (exact) mass is 468 g/mol. The van der Waals surface area contributed by atoms with Crippen LogP contribution in [-0.4, -0.2) is 40.6 Å². The molecule has 35 heavy (non-hydrogen) atoms. The smallest absolute Gasteiger partial charge is 0.228 e. The van der Waals surface area contributed by atoms with E-state index >= 15 is 0 Å². The van der Waals surface area contributed by atoms with E-state index in [1.807, 2.05) is 49.4 Å². The number of imidazole rings is 1. The van der Waals surface area contributed by atoms with Crippen molar-refractivity contribution in [3.8, 4) is 5.75 Å². The summed E-state index contributed by atoms with van der Waals surface area (Å²) in [5.74, 6) is 1.96. The third-order valence-corrected chi connectivity index (χ3v) is 6.79. The fourth-order valence-electron chi connectivity index (χ4n) is 4.83. The molecule has 0 unspecified atom stereocenters. The van der Waals surface area contributed by atoms with Crippen molar-refractivity contribution >= 4 is 22.6 Å². The third-order valence-electron chi connectivity index (χ3n) is 6.79. The molecule has 1 aliphatic rings. The van der Waals surface area contributed by atoms with Crippen LogP contribution in [0.4, 0.5) is 5.69 Å². The van der Waals surface area contributed by atoms with Crippen molar-refractivity contribution in [1.29, 1.82) is 0 Å². The number of amides is 1. The number of fused-ring (bicyclic) bond motifs is 1. The number of carbonyl (C=O) groups excluding carboxylic acids is 1. The number of carbonyl (C=O) groups is 1. The lowest BCUT2D eigenvalue weighted by molar-refractivity contribution is -0.121. The number of likely N-dealkylation sites (tertiary alicyclic amines) is 1. The number of piperidine rings is 1. The fourth-order valence-corrected chi connectivity index (χ4v) is 4.83. The van der Waals surface area contributed by atoms with Gasteiger partial charge in [-0.3, -0.25) is 9.69 Å². The number of benzene rings is 3. The van der Waals surface area contributed by atoms with Gasteiger partial charge in [-0.1, -0.05) is 42.0 Å². The van der Waals surface area contributed by atoms with E-state index in [9.17, 15) is 4.79 Å². The van der Waals surface area contributed by atoms with Crippen LogP contribution < -0.4 is 10.1 Å². The van der Waals surface area contributed by atoms with Gasteiger partial charge in [-0.25, -0.2) is 4.98 Å². The summed E-state index contributed by atoms with van der Waals surface area (Å²) >= 11 is 0. The Balaban J connectivity index is 1.32. The van der Waals surface area contributed by atoms with Crippen molar-refractivity contribution in [2.24, 2.45) is 5.92 Å². The number of anilines is 1. The van der Waals surface area contributed by atoms with Crippen molar-refractivity contribution < 1.29 is 9.53 Å². The number of methoxy groups -OCH3 is 1. The molecule has 1 aliphatic heterocycles. The number of rotatable bonds is 7. The average molecular weight is 469 g/mol. The molecular weight excluding hydrogens is 436 g/mol. The van der Waals surface area contributed by atoms with Gasteiger partial charge in [-0.2, -0.15) is 0 Å². The molecule has 4 aromatic rings. The van der Waals surface area contributed by atoms with Crippen molar-refractivity contribution in [3.05, 3.63) is 89.7 Å². The minimum atomic E-state index is -0.0236. The van der Waals surface area contributed by atoms with Crippen LogP contribution in [0.2, 0.25) is 0 Å². The topological polar surface area (TPSA) is 59.4 Å². The molecule has 3 aromatic carbocycles. The van der Waals surface area contributed by atoms with Crippen LogP contribution in [0.5, 0.6) is 5.75 Å². The Morgan fingerprint density at radius 1 is 1.03 bits per heavy atom. The maximum Gasteiger partial charge on any atom is 0.228 e. The number of nitrogens with one attached hydrogen (secondary N) is 1. The van der Waals surface area contributed by atoms with Crippen LogP contribution in [0.25, 0.3) is 11.0 Å². The predicted molar refractivity (Wildman–Crippen MR) is 140 cm³/mol. The maximum absolute atomic E-state index is 13.0. The first-order valence-electron chi connectivity index (χ1n) is 12.3. The summed E-state index contributed by atoms with van der Waals surface area (Å²) in [7, 11) is 1.68. The Labute approximate surface area is 206 Å². The highest BCUT2D eigenvalue weighted by Gasteiger charge is 2.27. The van der Waals surface area contributed by atoms with Crippen LogP contribution in [0, 0.1) is 12.8 Å². The van der Waals surface area contributed by atoms with Gasteiger partial charge < -0.3 is 14.6 Å². The number of nitrogens with zero attached hydrogens (tertiary/aromatic N) is 3. The second kappa shape index (κ2) is 10.3. The first-order chi connectivity index (χ1) is 17.1. The lowest BCUT2D eigenvalue weighted by Gasteiger charge is -2.31. The number of hydrogen-bond acceptors (Lipinski definition) is 4. The van der Waals surface area contributed by atoms with Crippen LogP contribution in [0.1, 0.15) is 29.8 Å². The molecule has 1 saturated heterocycles. The standard InChI is InChI=1S/C29H32N4O2/c1-21-9-13-24(14-10-21)30-29(34)23-6-5-17-32(19-23)20-28-31-26-7-3-4-8-27(26)33(28)18-22-11-15-25(35-2)16-12-22/h3-4,7-16,23H,5-6,17-20H2,1-2H3,(H,30,34)/t23-/m1/s1. The fraction of sp³-hybridized carbons (Fsp3) is 0.310. The van der Waals surface area contributed by atoms with E-state index in [4.69, 9.17) is 9.72 Å². The summed E-state index contributed by atoms with van der Waals surface area (Å²) in [5.41, 5.74) is 5.37. The van der Waals surface area contributed by atoms with E-state index in [-0.39, 0.29) is 11.8 Å². The average Bonchev–Trinajstić information content (AvgIpc) is 3.22. The molecule has 1 amide bonds. The van der Waals surface area contributed by atoms with Gasteiger partial charge >= 0.3 is 0 Å². The largest absolute Gasteiger partial charge is 0.497 e. The van der Waals surface area contributed by atoms with Crippen molar-refractivity contribution in [2.75, 3.05) is 25.5 Å². The molecule has 0 saturated carbocycles. The lowest BCUT2D eigenvalue weighted by atomic mass is 9.97. The summed E-state index contributed by atoms with van der Waals surface area (Å²) in [5, 5.41) is 3.10. The Morgan fingerprint density at radius 2 is 1.80 bits per heavy atom. The van der Waals surface area contributed by atoms with E-state index < -0.39 is 0 Å². The van der Waals surface area contributed by atoms with Crippen LogP contribution in [0.3, 0.4) is 0 Å². The van der Waals surface area contributed by atoms with E-state index in [0.29, 0.717) is 0 Å². The first-order valence-corrected chi connectivity index (χ1v) is 12.3.